The van der Waals surface area contributed by atoms with Gasteiger partial charge in [-0.2, -0.15) is 0 Å². The van der Waals surface area contributed by atoms with E-state index in [2.05, 4.69) is 31.2 Å². The summed E-state index contributed by atoms with van der Waals surface area (Å²) in [5.74, 6) is 1.07. The lowest BCUT2D eigenvalue weighted by Crippen LogP contribution is -2.48. The zero-order chi connectivity index (χ0) is 12.4. The molecule has 2 aliphatic rings. The van der Waals surface area contributed by atoms with Crippen LogP contribution in [0.25, 0.3) is 0 Å². The fourth-order valence-corrected chi connectivity index (χ4v) is 3.09. The van der Waals surface area contributed by atoms with E-state index < -0.39 is 0 Å². The van der Waals surface area contributed by atoms with E-state index in [1.807, 2.05) is 0 Å². The van der Waals surface area contributed by atoms with Crippen LogP contribution in [-0.2, 0) is 11.2 Å². The Balaban J connectivity index is 1.68. The van der Waals surface area contributed by atoms with Gasteiger partial charge in [0.1, 0.15) is 11.9 Å². The molecule has 1 saturated heterocycles. The standard InChI is InChI=1S/C16H22O2/c1-2-13-6-3-4-7-15(13)18-14-8-11-17-16(12-14)9-5-10-16/h3-4,6-7,14H,2,5,8-12H2,1H3. The van der Waals surface area contributed by atoms with Crippen molar-refractivity contribution in [3.05, 3.63) is 29.8 Å². The highest BCUT2D eigenvalue weighted by Gasteiger charge is 2.43. The first-order chi connectivity index (χ1) is 8.81. The number of hydrogen-bond donors (Lipinski definition) is 0. The molecule has 0 N–H and O–H groups in total. The van der Waals surface area contributed by atoms with Gasteiger partial charge < -0.3 is 9.47 Å². The van der Waals surface area contributed by atoms with Crippen LogP contribution in [0.3, 0.4) is 0 Å². The largest absolute Gasteiger partial charge is 0.490 e. The number of rotatable bonds is 3. The second-order valence-electron chi connectivity index (χ2n) is 5.58. The second-order valence-corrected chi connectivity index (χ2v) is 5.58. The number of benzene rings is 1. The van der Waals surface area contributed by atoms with Crippen molar-refractivity contribution < 1.29 is 9.47 Å². The van der Waals surface area contributed by atoms with Crippen LogP contribution in [0.5, 0.6) is 5.75 Å². The summed E-state index contributed by atoms with van der Waals surface area (Å²) in [6, 6.07) is 8.41. The van der Waals surface area contributed by atoms with Gasteiger partial charge in [-0.1, -0.05) is 25.1 Å². The van der Waals surface area contributed by atoms with Crippen LogP contribution in [0.4, 0.5) is 0 Å². The molecule has 1 unspecified atom stereocenters. The molecule has 1 aromatic carbocycles. The van der Waals surface area contributed by atoms with Crippen molar-refractivity contribution in [2.75, 3.05) is 6.61 Å². The minimum Gasteiger partial charge on any atom is -0.490 e. The van der Waals surface area contributed by atoms with Crippen molar-refractivity contribution in [1.29, 1.82) is 0 Å². The molecule has 1 atom stereocenters. The summed E-state index contributed by atoms with van der Waals surface area (Å²) in [5.41, 5.74) is 1.48. The average molecular weight is 246 g/mol. The highest BCUT2D eigenvalue weighted by molar-refractivity contribution is 5.33. The first kappa shape index (κ1) is 12.0. The highest BCUT2D eigenvalue weighted by Crippen LogP contribution is 2.43. The maximum Gasteiger partial charge on any atom is 0.122 e. The van der Waals surface area contributed by atoms with Crippen LogP contribution in [-0.4, -0.2) is 18.3 Å². The van der Waals surface area contributed by atoms with Crippen molar-refractivity contribution in [2.45, 2.75) is 57.2 Å². The Morgan fingerprint density at radius 2 is 2.17 bits per heavy atom. The molecule has 1 heterocycles. The Morgan fingerprint density at radius 1 is 1.33 bits per heavy atom. The van der Waals surface area contributed by atoms with E-state index in [9.17, 15) is 0 Å². The molecule has 98 valence electrons. The van der Waals surface area contributed by atoms with Gasteiger partial charge in [0.2, 0.25) is 0 Å². The third kappa shape index (κ3) is 2.26. The maximum absolute atomic E-state index is 6.23. The van der Waals surface area contributed by atoms with Gasteiger partial charge >= 0.3 is 0 Å². The highest BCUT2D eigenvalue weighted by atomic mass is 16.5. The van der Waals surface area contributed by atoms with E-state index in [0.29, 0.717) is 6.10 Å². The third-order valence-corrected chi connectivity index (χ3v) is 4.36. The van der Waals surface area contributed by atoms with Gasteiger partial charge in [0.05, 0.1) is 12.2 Å². The predicted molar refractivity (Wildman–Crippen MR) is 72.0 cm³/mol. The van der Waals surface area contributed by atoms with Gasteiger partial charge in [-0.05, 0) is 37.3 Å². The molecule has 2 fully saturated rings. The number of para-hydroxylation sites is 1. The third-order valence-electron chi connectivity index (χ3n) is 4.36. The van der Waals surface area contributed by atoms with Crippen LogP contribution in [0.1, 0.15) is 44.6 Å². The Kier molecular flexibility index (Phi) is 3.29. The van der Waals surface area contributed by atoms with E-state index in [0.717, 1.165) is 31.6 Å². The van der Waals surface area contributed by atoms with E-state index in [1.54, 1.807) is 0 Å². The van der Waals surface area contributed by atoms with Gasteiger partial charge in [0, 0.05) is 12.8 Å². The molecule has 1 saturated carbocycles. The van der Waals surface area contributed by atoms with Gasteiger partial charge in [0.25, 0.3) is 0 Å². The van der Waals surface area contributed by atoms with Gasteiger partial charge in [-0.25, -0.2) is 0 Å². The molecule has 1 spiro atoms. The summed E-state index contributed by atoms with van der Waals surface area (Å²) < 4.78 is 12.2. The van der Waals surface area contributed by atoms with Crippen molar-refractivity contribution >= 4 is 0 Å². The van der Waals surface area contributed by atoms with Crippen molar-refractivity contribution in [2.24, 2.45) is 0 Å². The SMILES string of the molecule is CCc1ccccc1OC1CCOC2(CCC2)C1. The molecule has 0 radical (unpaired) electrons. The molecule has 18 heavy (non-hydrogen) atoms. The second kappa shape index (κ2) is 4.93. The van der Waals surface area contributed by atoms with Crippen molar-refractivity contribution in [1.82, 2.24) is 0 Å². The summed E-state index contributed by atoms with van der Waals surface area (Å²) in [4.78, 5) is 0. The van der Waals surface area contributed by atoms with E-state index in [-0.39, 0.29) is 5.60 Å². The lowest BCUT2D eigenvalue weighted by atomic mass is 9.74. The van der Waals surface area contributed by atoms with E-state index >= 15 is 0 Å². The lowest BCUT2D eigenvalue weighted by molar-refractivity contribution is -0.153. The maximum atomic E-state index is 6.23. The van der Waals surface area contributed by atoms with Crippen LogP contribution in [0, 0.1) is 0 Å². The summed E-state index contributed by atoms with van der Waals surface area (Å²) in [5, 5.41) is 0. The number of ether oxygens (including phenoxy) is 2. The summed E-state index contributed by atoms with van der Waals surface area (Å²) >= 11 is 0. The topological polar surface area (TPSA) is 18.5 Å². The Hall–Kier alpha value is -1.02. The fourth-order valence-electron chi connectivity index (χ4n) is 3.09. The first-order valence-corrected chi connectivity index (χ1v) is 7.20. The Bertz CT molecular complexity index is 409. The van der Waals surface area contributed by atoms with Crippen molar-refractivity contribution in [3.8, 4) is 5.75 Å². The van der Waals surface area contributed by atoms with Gasteiger partial charge in [-0.3, -0.25) is 0 Å². The summed E-state index contributed by atoms with van der Waals surface area (Å²) in [7, 11) is 0. The smallest absolute Gasteiger partial charge is 0.122 e. The predicted octanol–water partition coefficient (Wildman–Crippen LogP) is 3.73. The van der Waals surface area contributed by atoms with Crippen LogP contribution in [0.15, 0.2) is 24.3 Å². The molecule has 2 heteroatoms. The van der Waals surface area contributed by atoms with Gasteiger partial charge in [0.15, 0.2) is 0 Å². The van der Waals surface area contributed by atoms with Gasteiger partial charge in [-0.15, -0.1) is 0 Å². The number of aryl methyl sites for hydroxylation is 1. The lowest BCUT2D eigenvalue weighted by Gasteiger charge is -2.47. The molecule has 0 bridgehead atoms. The molecule has 2 nitrogen and oxygen atoms in total. The Morgan fingerprint density at radius 3 is 2.89 bits per heavy atom. The normalized spacial score (nSPS) is 25.7. The minimum absolute atomic E-state index is 0.171. The average Bonchev–Trinajstić information content (AvgIpc) is 2.38. The first-order valence-electron chi connectivity index (χ1n) is 7.20. The summed E-state index contributed by atoms with van der Waals surface area (Å²) in [6.45, 7) is 3.04. The molecule has 3 rings (SSSR count). The monoisotopic (exact) mass is 246 g/mol. The van der Waals surface area contributed by atoms with Crippen LogP contribution >= 0.6 is 0 Å². The zero-order valence-electron chi connectivity index (χ0n) is 11.2. The van der Waals surface area contributed by atoms with E-state index in [4.69, 9.17) is 9.47 Å². The molecular formula is C16H22O2. The minimum atomic E-state index is 0.171. The van der Waals surface area contributed by atoms with Crippen LogP contribution in [0.2, 0.25) is 0 Å². The van der Waals surface area contributed by atoms with Crippen LogP contribution < -0.4 is 4.74 Å². The molecule has 1 aliphatic heterocycles. The molecular weight excluding hydrogens is 224 g/mol. The molecule has 0 aromatic heterocycles. The number of hydrogen-bond acceptors (Lipinski definition) is 2. The quantitative estimate of drug-likeness (QED) is 0.809. The summed E-state index contributed by atoms with van der Waals surface area (Å²) in [6.07, 6.45) is 7.24. The molecule has 1 aliphatic carbocycles. The fraction of sp³-hybridized carbons (Fsp3) is 0.625. The van der Waals surface area contributed by atoms with Crippen molar-refractivity contribution in [3.63, 3.8) is 0 Å². The molecule has 0 amide bonds. The zero-order valence-corrected chi connectivity index (χ0v) is 11.2. The molecule has 1 aromatic rings. The van der Waals surface area contributed by atoms with E-state index in [1.165, 1.54) is 24.8 Å². The Labute approximate surface area is 109 Å².